The molecule has 1 nitrogen and oxygen atoms in total. The molecule has 0 radical (unpaired) electrons. The van der Waals surface area contributed by atoms with Gasteiger partial charge in [-0.1, -0.05) is 29.3 Å². The lowest BCUT2D eigenvalue weighted by Crippen LogP contribution is -2.45. The van der Waals surface area contributed by atoms with Crippen molar-refractivity contribution in [3.63, 3.8) is 0 Å². The lowest BCUT2D eigenvalue weighted by molar-refractivity contribution is 0.435. The molecule has 1 aromatic rings. The Morgan fingerprint density at radius 2 is 1.75 bits per heavy atom. The zero-order valence-corrected chi connectivity index (χ0v) is 11.9. The molecule has 0 aliphatic heterocycles. The van der Waals surface area contributed by atoms with Crippen LogP contribution in [-0.4, -0.2) is 17.3 Å². The van der Waals surface area contributed by atoms with Crippen LogP contribution < -0.4 is 5.32 Å². The van der Waals surface area contributed by atoms with E-state index in [0.29, 0.717) is 28.4 Å². The molecule has 0 amide bonds. The summed E-state index contributed by atoms with van der Waals surface area (Å²) < 4.78 is 0. The Morgan fingerprint density at radius 1 is 1.12 bits per heavy atom. The van der Waals surface area contributed by atoms with Gasteiger partial charge in [-0.05, 0) is 24.6 Å². The molecule has 0 spiro atoms. The lowest BCUT2D eigenvalue weighted by atomic mass is 10.1. The molecule has 0 bridgehead atoms. The van der Waals surface area contributed by atoms with Gasteiger partial charge in [-0.15, -0.1) is 23.2 Å². The van der Waals surface area contributed by atoms with Gasteiger partial charge in [0.25, 0.3) is 0 Å². The fraction of sp³-hybridized carbons (Fsp3) is 0.455. The van der Waals surface area contributed by atoms with Crippen molar-refractivity contribution in [2.24, 2.45) is 0 Å². The second kappa shape index (κ2) is 6.32. The average molecular weight is 301 g/mol. The first-order valence-corrected chi connectivity index (χ1v) is 6.64. The monoisotopic (exact) mass is 299 g/mol. The topological polar surface area (TPSA) is 12.0 Å². The van der Waals surface area contributed by atoms with Crippen LogP contribution in [-0.2, 0) is 6.54 Å². The van der Waals surface area contributed by atoms with Crippen LogP contribution in [0, 0.1) is 0 Å². The molecule has 0 aliphatic rings. The first-order chi connectivity index (χ1) is 7.50. The van der Waals surface area contributed by atoms with Crippen molar-refractivity contribution in [2.75, 3.05) is 11.8 Å². The number of alkyl halides is 2. The highest BCUT2D eigenvalue weighted by Crippen LogP contribution is 2.22. The summed E-state index contributed by atoms with van der Waals surface area (Å²) in [7, 11) is 0. The van der Waals surface area contributed by atoms with E-state index in [9.17, 15) is 0 Å². The summed E-state index contributed by atoms with van der Waals surface area (Å²) in [5.74, 6) is 0.912. The van der Waals surface area contributed by atoms with Gasteiger partial charge < -0.3 is 5.32 Å². The van der Waals surface area contributed by atoms with Crippen LogP contribution in [0.15, 0.2) is 18.2 Å². The normalized spacial score (nSPS) is 11.8. The van der Waals surface area contributed by atoms with E-state index < -0.39 is 0 Å². The predicted molar refractivity (Wildman–Crippen MR) is 73.1 cm³/mol. The Bertz CT molecular complexity index is 350. The van der Waals surface area contributed by atoms with Gasteiger partial charge in [0.2, 0.25) is 0 Å². The molecule has 0 aliphatic carbocycles. The summed E-state index contributed by atoms with van der Waals surface area (Å²) in [6, 6.07) is 5.53. The molecule has 0 unspecified atom stereocenters. The van der Waals surface area contributed by atoms with Crippen molar-refractivity contribution in [3.8, 4) is 0 Å². The smallest absolute Gasteiger partial charge is 0.0595 e. The molecule has 0 saturated carbocycles. The Morgan fingerprint density at radius 3 is 2.25 bits per heavy atom. The largest absolute Gasteiger partial charge is 0.305 e. The molecule has 1 aromatic carbocycles. The van der Waals surface area contributed by atoms with Gasteiger partial charge in [-0.25, -0.2) is 0 Å². The van der Waals surface area contributed by atoms with Crippen molar-refractivity contribution >= 4 is 46.4 Å². The van der Waals surface area contributed by atoms with Crippen molar-refractivity contribution in [3.05, 3.63) is 33.8 Å². The molecular weight excluding hydrogens is 288 g/mol. The Kier molecular flexibility index (Phi) is 5.69. The fourth-order valence-corrected chi connectivity index (χ4v) is 1.89. The van der Waals surface area contributed by atoms with E-state index in [1.165, 1.54) is 0 Å². The zero-order chi connectivity index (χ0) is 12.2. The Balaban J connectivity index is 2.64. The first-order valence-electron chi connectivity index (χ1n) is 4.81. The molecule has 16 heavy (non-hydrogen) atoms. The van der Waals surface area contributed by atoms with E-state index in [-0.39, 0.29) is 5.54 Å². The van der Waals surface area contributed by atoms with Crippen LogP contribution in [0.2, 0.25) is 10.0 Å². The molecule has 0 fully saturated rings. The van der Waals surface area contributed by atoms with Crippen LogP contribution in [0.1, 0.15) is 12.5 Å². The minimum Gasteiger partial charge on any atom is -0.305 e. The number of hydrogen-bond donors (Lipinski definition) is 1. The molecule has 5 heteroatoms. The summed E-state index contributed by atoms with van der Waals surface area (Å²) in [5, 5.41) is 4.41. The number of benzene rings is 1. The van der Waals surface area contributed by atoms with Gasteiger partial charge in [-0.3, -0.25) is 0 Å². The Labute approximate surface area is 116 Å². The maximum Gasteiger partial charge on any atom is 0.0595 e. The van der Waals surface area contributed by atoms with Crippen molar-refractivity contribution in [1.82, 2.24) is 5.32 Å². The summed E-state index contributed by atoms with van der Waals surface area (Å²) in [6.45, 7) is 2.64. The van der Waals surface area contributed by atoms with E-state index >= 15 is 0 Å². The van der Waals surface area contributed by atoms with E-state index in [1.807, 2.05) is 19.1 Å². The maximum atomic E-state index is 5.92. The minimum absolute atomic E-state index is 0.269. The third-order valence-corrected chi connectivity index (χ3v) is 4.21. The summed E-state index contributed by atoms with van der Waals surface area (Å²) in [4.78, 5) is 0. The second-order valence-corrected chi connectivity index (χ2v) is 5.28. The number of halogens is 4. The molecule has 0 atom stereocenters. The van der Waals surface area contributed by atoms with Gasteiger partial charge in [0.1, 0.15) is 0 Å². The first kappa shape index (κ1) is 14.4. The highest BCUT2D eigenvalue weighted by molar-refractivity contribution is 6.42. The minimum atomic E-state index is -0.269. The summed E-state index contributed by atoms with van der Waals surface area (Å²) in [5.41, 5.74) is 0.783. The zero-order valence-electron chi connectivity index (χ0n) is 8.87. The quantitative estimate of drug-likeness (QED) is 0.799. The van der Waals surface area contributed by atoms with Crippen LogP contribution in [0.25, 0.3) is 0 Å². The van der Waals surface area contributed by atoms with Crippen molar-refractivity contribution < 1.29 is 0 Å². The van der Waals surface area contributed by atoms with E-state index in [4.69, 9.17) is 46.4 Å². The standard InChI is InChI=1S/C11H13Cl4N/c1-11(6-12,7-13)16-5-8-2-3-9(14)10(15)4-8/h2-4,16H,5-7H2,1H3. The lowest BCUT2D eigenvalue weighted by Gasteiger charge is -2.26. The molecule has 0 heterocycles. The van der Waals surface area contributed by atoms with E-state index in [0.717, 1.165) is 5.56 Å². The molecule has 1 rings (SSSR count). The number of rotatable bonds is 5. The van der Waals surface area contributed by atoms with Crippen molar-refractivity contribution in [2.45, 2.75) is 19.0 Å². The van der Waals surface area contributed by atoms with Crippen LogP contribution >= 0.6 is 46.4 Å². The molecule has 1 N–H and O–H groups in total. The number of nitrogens with one attached hydrogen (secondary N) is 1. The van der Waals surface area contributed by atoms with Crippen LogP contribution in [0.3, 0.4) is 0 Å². The number of hydrogen-bond acceptors (Lipinski definition) is 1. The van der Waals surface area contributed by atoms with Gasteiger partial charge in [0, 0.05) is 23.8 Å². The summed E-state index contributed by atoms with van der Waals surface area (Å²) >= 11 is 23.4. The van der Waals surface area contributed by atoms with Crippen molar-refractivity contribution in [1.29, 1.82) is 0 Å². The second-order valence-electron chi connectivity index (χ2n) is 3.93. The predicted octanol–water partition coefficient (Wildman–Crippen LogP) is 4.32. The maximum absolute atomic E-state index is 5.92. The fourth-order valence-electron chi connectivity index (χ4n) is 1.10. The molecule has 90 valence electrons. The van der Waals surface area contributed by atoms with E-state index in [2.05, 4.69) is 5.32 Å². The van der Waals surface area contributed by atoms with Gasteiger partial charge in [-0.2, -0.15) is 0 Å². The van der Waals surface area contributed by atoms with Gasteiger partial charge >= 0.3 is 0 Å². The molecule has 0 aromatic heterocycles. The third-order valence-electron chi connectivity index (χ3n) is 2.29. The third kappa shape index (κ3) is 3.97. The average Bonchev–Trinajstić information content (AvgIpc) is 2.30. The molecule has 0 saturated heterocycles. The van der Waals surface area contributed by atoms with Gasteiger partial charge in [0.05, 0.1) is 10.0 Å². The molecular formula is C11H13Cl4N. The highest BCUT2D eigenvalue weighted by Gasteiger charge is 2.20. The highest BCUT2D eigenvalue weighted by atomic mass is 35.5. The Hall–Kier alpha value is 0.340. The van der Waals surface area contributed by atoms with Crippen LogP contribution in [0.5, 0.6) is 0 Å². The van der Waals surface area contributed by atoms with E-state index in [1.54, 1.807) is 6.07 Å². The SMILES string of the molecule is CC(CCl)(CCl)NCc1ccc(Cl)c(Cl)c1. The van der Waals surface area contributed by atoms with Crippen LogP contribution in [0.4, 0.5) is 0 Å². The van der Waals surface area contributed by atoms with Gasteiger partial charge in [0.15, 0.2) is 0 Å². The summed E-state index contributed by atoms with van der Waals surface area (Å²) in [6.07, 6.45) is 0.